The predicted molar refractivity (Wildman–Crippen MR) is 70.0 cm³/mol. The van der Waals surface area contributed by atoms with E-state index in [9.17, 15) is 9.18 Å². The molecule has 100 valence electrons. The van der Waals surface area contributed by atoms with Crippen LogP contribution < -0.4 is 0 Å². The molecule has 1 N–H and O–H groups in total. The summed E-state index contributed by atoms with van der Waals surface area (Å²) in [6, 6.07) is 4.13. The highest BCUT2D eigenvalue weighted by Crippen LogP contribution is 2.23. The van der Waals surface area contributed by atoms with E-state index >= 15 is 0 Å². The highest BCUT2D eigenvalue weighted by atomic mass is 79.9. The third-order valence-electron chi connectivity index (χ3n) is 2.48. The Labute approximate surface area is 117 Å². The van der Waals surface area contributed by atoms with E-state index in [-0.39, 0.29) is 5.82 Å². The van der Waals surface area contributed by atoms with Crippen LogP contribution in [-0.2, 0) is 6.42 Å². The largest absolute Gasteiger partial charge is 0.475 e. The first kappa shape index (κ1) is 13.7. The third kappa shape index (κ3) is 2.81. The zero-order valence-corrected chi connectivity index (χ0v) is 11.7. The van der Waals surface area contributed by atoms with Crippen LogP contribution in [0.4, 0.5) is 4.39 Å². The Hall–Kier alpha value is -1.76. The maximum Gasteiger partial charge on any atom is 0.375 e. The van der Waals surface area contributed by atoms with E-state index in [4.69, 9.17) is 5.11 Å². The second kappa shape index (κ2) is 5.48. The lowest BCUT2D eigenvalue weighted by Gasteiger charge is -2.07. The topological polar surface area (TPSA) is 68.0 Å². The highest BCUT2D eigenvalue weighted by molar-refractivity contribution is 9.10. The summed E-state index contributed by atoms with van der Waals surface area (Å²) in [4.78, 5) is 14.9. The predicted octanol–water partition coefficient (Wildman–Crippen LogP) is 2.82. The molecule has 0 unspecified atom stereocenters. The van der Waals surface area contributed by atoms with E-state index in [1.54, 1.807) is 6.07 Å². The average molecular weight is 328 g/mol. The average Bonchev–Trinajstić information content (AvgIpc) is 2.77. The van der Waals surface area contributed by atoms with Gasteiger partial charge >= 0.3 is 5.97 Å². The van der Waals surface area contributed by atoms with Crippen molar-refractivity contribution in [2.75, 3.05) is 0 Å². The molecule has 2 aromatic rings. The molecular weight excluding hydrogens is 317 g/mol. The van der Waals surface area contributed by atoms with Gasteiger partial charge in [-0.2, -0.15) is 0 Å². The standard InChI is InChI=1S/C12H11BrFN3O2/c1-2-3-10-15-11(12(18)19)16-17(10)9-6-7(14)4-5-8(9)13/h4-6H,2-3H2,1H3,(H,18,19). The minimum Gasteiger partial charge on any atom is -0.475 e. The third-order valence-corrected chi connectivity index (χ3v) is 3.15. The van der Waals surface area contributed by atoms with E-state index < -0.39 is 11.8 Å². The number of hydrogen-bond acceptors (Lipinski definition) is 3. The first-order chi connectivity index (χ1) is 9.02. The van der Waals surface area contributed by atoms with Gasteiger partial charge < -0.3 is 5.11 Å². The number of carbonyl (C=O) groups is 1. The molecule has 0 aliphatic heterocycles. The maximum absolute atomic E-state index is 13.3. The fourth-order valence-corrected chi connectivity index (χ4v) is 2.08. The van der Waals surface area contributed by atoms with Crippen molar-refractivity contribution in [2.24, 2.45) is 0 Å². The maximum atomic E-state index is 13.3. The number of benzene rings is 1. The SMILES string of the molecule is CCCc1nc(C(=O)O)nn1-c1cc(F)ccc1Br. The summed E-state index contributed by atoms with van der Waals surface area (Å²) in [5.74, 6) is -1.43. The van der Waals surface area contributed by atoms with Crippen LogP contribution >= 0.6 is 15.9 Å². The van der Waals surface area contributed by atoms with Crippen molar-refractivity contribution in [3.05, 3.63) is 40.1 Å². The van der Waals surface area contributed by atoms with Gasteiger partial charge in [-0.25, -0.2) is 18.9 Å². The molecule has 0 saturated heterocycles. The summed E-state index contributed by atoms with van der Waals surface area (Å²) < 4.78 is 15.3. The fraction of sp³-hybridized carbons (Fsp3) is 0.250. The van der Waals surface area contributed by atoms with Crippen LogP contribution in [0.1, 0.15) is 29.8 Å². The molecule has 2 rings (SSSR count). The molecule has 0 aliphatic rings. The van der Waals surface area contributed by atoms with Crippen LogP contribution in [0.25, 0.3) is 5.69 Å². The van der Waals surface area contributed by atoms with Crippen LogP contribution in [0, 0.1) is 5.82 Å². The first-order valence-electron chi connectivity index (χ1n) is 5.67. The summed E-state index contributed by atoms with van der Waals surface area (Å²) in [5.41, 5.74) is 0.434. The van der Waals surface area contributed by atoms with Gasteiger partial charge in [0.1, 0.15) is 11.6 Å². The molecule has 0 spiro atoms. The number of rotatable bonds is 4. The van der Waals surface area contributed by atoms with E-state index in [1.807, 2.05) is 6.92 Å². The van der Waals surface area contributed by atoms with Crippen LogP contribution in [0.15, 0.2) is 22.7 Å². The molecule has 0 fully saturated rings. The van der Waals surface area contributed by atoms with Crippen LogP contribution in [0.5, 0.6) is 0 Å². The molecule has 0 aliphatic carbocycles. The number of aryl methyl sites for hydroxylation is 1. The lowest BCUT2D eigenvalue weighted by Crippen LogP contribution is -2.05. The Morgan fingerprint density at radius 2 is 2.26 bits per heavy atom. The molecule has 0 bridgehead atoms. The van der Waals surface area contributed by atoms with Gasteiger partial charge in [0.25, 0.3) is 5.82 Å². The Kier molecular flexibility index (Phi) is 3.94. The molecule has 19 heavy (non-hydrogen) atoms. The number of nitrogens with zero attached hydrogens (tertiary/aromatic N) is 3. The van der Waals surface area contributed by atoms with E-state index in [0.717, 1.165) is 6.42 Å². The van der Waals surface area contributed by atoms with Crippen LogP contribution in [0.3, 0.4) is 0 Å². The zero-order chi connectivity index (χ0) is 14.0. The number of aromatic nitrogens is 3. The van der Waals surface area contributed by atoms with Crippen molar-refractivity contribution in [1.29, 1.82) is 0 Å². The van der Waals surface area contributed by atoms with E-state index in [2.05, 4.69) is 26.0 Å². The smallest absolute Gasteiger partial charge is 0.375 e. The number of aromatic carboxylic acids is 1. The van der Waals surface area contributed by atoms with Gasteiger partial charge in [0.2, 0.25) is 0 Å². The molecule has 0 atom stereocenters. The van der Waals surface area contributed by atoms with Gasteiger partial charge in [0.15, 0.2) is 0 Å². The molecule has 0 saturated carbocycles. The molecule has 1 aromatic carbocycles. The highest BCUT2D eigenvalue weighted by Gasteiger charge is 2.17. The monoisotopic (exact) mass is 327 g/mol. The minimum absolute atomic E-state index is 0.292. The molecule has 1 heterocycles. The van der Waals surface area contributed by atoms with Gasteiger partial charge in [-0.3, -0.25) is 0 Å². The van der Waals surface area contributed by atoms with Crippen molar-refractivity contribution in [3.8, 4) is 5.69 Å². The quantitative estimate of drug-likeness (QED) is 0.937. The first-order valence-corrected chi connectivity index (χ1v) is 6.47. The zero-order valence-electron chi connectivity index (χ0n) is 10.1. The molecule has 0 amide bonds. The summed E-state index contributed by atoms with van der Waals surface area (Å²) in [6.07, 6.45) is 1.34. The number of hydrogen-bond donors (Lipinski definition) is 1. The van der Waals surface area contributed by atoms with Gasteiger partial charge in [-0.1, -0.05) is 6.92 Å². The van der Waals surface area contributed by atoms with Crippen molar-refractivity contribution < 1.29 is 14.3 Å². The Morgan fingerprint density at radius 1 is 1.53 bits per heavy atom. The van der Waals surface area contributed by atoms with Gasteiger partial charge in [0, 0.05) is 17.0 Å². The second-order valence-corrected chi connectivity index (χ2v) is 4.77. The molecule has 5 nitrogen and oxygen atoms in total. The van der Waals surface area contributed by atoms with Crippen molar-refractivity contribution in [1.82, 2.24) is 14.8 Å². The normalized spacial score (nSPS) is 10.7. The lowest BCUT2D eigenvalue weighted by atomic mass is 10.3. The van der Waals surface area contributed by atoms with Gasteiger partial charge in [0.05, 0.1) is 5.69 Å². The van der Waals surface area contributed by atoms with E-state index in [0.29, 0.717) is 22.4 Å². The molecule has 1 aromatic heterocycles. The fourth-order valence-electron chi connectivity index (χ4n) is 1.66. The summed E-state index contributed by atoms with van der Waals surface area (Å²) in [7, 11) is 0. The Bertz CT molecular complexity index is 627. The minimum atomic E-state index is -1.20. The van der Waals surface area contributed by atoms with E-state index in [1.165, 1.54) is 16.8 Å². The van der Waals surface area contributed by atoms with Crippen molar-refractivity contribution in [2.45, 2.75) is 19.8 Å². The number of carboxylic acids is 1. The lowest BCUT2D eigenvalue weighted by molar-refractivity contribution is 0.0683. The number of halogens is 2. The van der Waals surface area contributed by atoms with Crippen LogP contribution in [-0.4, -0.2) is 25.8 Å². The molecular formula is C12H11BrFN3O2. The van der Waals surface area contributed by atoms with Crippen molar-refractivity contribution >= 4 is 21.9 Å². The summed E-state index contributed by atoms with van der Waals surface area (Å²) in [6.45, 7) is 1.94. The molecule has 7 heteroatoms. The van der Waals surface area contributed by atoms with Crippen molar-refractivity contribution in [3.63, 3.8) is 0 Å². The van der Waals surface area contributed by atoms with Gasteiger partial charge in [-0.15, -0.1) is 5.10 Å². The summed E-state index contributed by atoms with van der Waals surface area (Å²) >= 11 is 3.30. The second-order valence-electron chi connectivity index (χ2n) is 3.91. The Morgan fingerprint density at radius 3 is 2.89 bits per heavy atom. The van der Waals surface area contributed by atoms with Gasteiger partial charge in [-0.05, 0) is 34.5 Å². The molecule has 0 radical (unpaired) electrons. The Balaban J connectivity index is 2.59. The summed E-state index contributed by atoms with van der Waals surface area (Å²) in [5, 5.41) is 12.8. The number of carboxylic acid groups (broad SMARTS) is 1. The van der Waals surface area contributed by atoms with Crippen LogP contribution in [0.2, 0.25) is 0 Å².